The number of anilines is 2. The van der Waals surface area contributed by atoms with E-state index in [1.165, 1.54) is 18.7 Å². The van der Waals surface area contributed by atoms with E-state index < -0.39 is 5.82 Å². The first-order valence-electron chi connectivity index (χ1n) is 9.40. The number of carbonyl (C=O) groups excluding carboxylic acids is 1. The van der Waals surface area contributed by atoms with Gasteiger partial charge in [-0.25, -0.2) is 9.37 Å². The number of amides is 1. The van der Waals surface area contributed by atoms with Crippen molar-refractivity contribution in [2.24, 2.45) is 0 Å². The molecule has 28 heavy (non-hydrogen) atoms. The third-order valence-electron chi connectivity index (χ3n) is 5.37. The van der Waals surface area contributed by atoms with Crippen LogP contribution in [0, 0.1) is 12.7 Å². The van der Waals surface area contributed by atoms with Gasteiger partial charge in [0.05, 0.1) is 7.11 Å². The van der Waals surface area contributed by atoms with E-state index in [9.17, 15) is 9.18 Å². The highest BCUT2D eigenvalue weighted by Gasteiger charge is 2.33. The number of halogens is 1. The highest BCUT2D eigenvalue weighted by Crippen LogP contribution is 2.28. The normalized spacial score (nSPS) is 20.0. The topological polar surface area (TPSA) is 78.5 Å². The molecule has 2 fully saturated rings. The van der Waals surface area contributed by atoms with Crippen LogP contribution in [-0.2, 0) is 4.79 Å². The third kappa shape index (κ3) is 3.53. The van der Waals surface area contributed by atoms with E-state index in [4.69, 9.17) is 4.74 Å². The van der Waals surface area contributed by atoms with Gasteiger partial charge in [-0.1, -0.05) is 0 Å². The molecule has 3 N–H and O–H groups in total. The Balaban J connectivity index is 1.47. The maximum atomic E-state index is 13.6. The lowest BCUT2D eigenvalue weighted by atomic mass is 9.98. The molecule has 1 amide bonds. The first-order chi connectivity index (χ1) is 13.6. The van der Waals surface area contributed by atoms with Gasteiger partial charge in [-0.05, 0) is 42.7 Å². The molecule has 0 radical (unpaired) electrons. The van der Waals surface area contributed by atoms with Crippen molar-refractivity contribution < 1.29 is 13.9 Å². The quantitative estimate of drug-likeness (QED) is 0.730. The van der Waals surface area contributed by atoms with Crippen LogP contribution in [0.25, 0.3) is 0 Å². The third-order valence-corrected chi connectivity index (χ3v) is 5.37. The van der Waals surface area contributed by atoms with Crippen molar-refractivity contribution >= 4 is 17.4 Å². The molecule has 1 aromatic carbocycles. The first-order valence-corrected chi connectivity index (χ1v) is 9.40. The van der Waals surface area contributed by atoms with Crippen molar-refractivity contribution in [1.29, 1.82) is 0 Å². The van der Waals surface area contributed by atoms with E-state index in [-0.39, 0.29) is 17.7 Å². The summed E-state index contributed by atoms with van der Waals surface area (Å²) in [5, 5.41) is 3.18. The van der Waals surface area contributed by atoms with Gasteiger partial charge < -0.3 is 10.1 Å². The lowest BCUT2D eigenvalue weighted by Gasteiger charge is -2.19. The predicted molar refractivity (Wildman–Crippen MR) is 105 cm³/mol. The van der Waals surface area contributed by atoms with Crippen molar-refractivity contribution in [2.75, 3.05) is 37.0 Å². The fraction of sp³-hybridized carbons (Fsp3) is 0.400. The zero-order valence-corrected chi connectivity index (χ0v) is 16.0. The second kappa shape index (κ2) is 7.73. The molecular formula is C20H24FN5O2. The van der Waals surface area contributed by atoms with Crippen LogP contribution in [0.2, 0.25) is 0 Å². The van der Waals surface area contributed by atoms with Gasteiger partial charge in [0.2, 0.25) is 0 Å². The van der Waals surface area contributed by atoms with E-state index in [2.05, 4.69) is 28.1 Å². The van der Waals surface area contributed by atoms with Crippen molar-refractivity contribution in [3.63, 3.8) is 0 Å². The number of carbonyl (C=O) groups is 1. The maximum absolute atomic E-state index is 13.6. The zero-order chi connectivity index (χ0) is 19.7. The molecule has 1 unspecified atom stereocenters. The summed E-state index contributed by atoms with van der Waals surface area (Å²) in [6.45, 7) is 4.39. The van der Waals surface area contributed by atoms with Crippen molar-refractivity contribution in [1.82, 2.24) is 15.8 Å². The minimum atomic E-state index is -0.431. The van der Waals surface area contributed by atoms with Crippen LogP contribution in [0.1, 0.15) is 23.5 Å². The van der Waals surface area contributed by atoms with Crippen LogP contribution in [0.5, 0.6) is 5.75 Å². The maximum Gasteiger partial charge on any atom is 0.250 e. The molecule has 1 atom stereocenters. The molecule has 2 aliphatic heterocycles. The number of benzene rings is 1. The predicted octanol–water partition coefficient (Wildman–Crippen LogP) is 1.95. The number of nitrogens with zero attached hydrogens (tertiary/aromatic N) is 2. The molecule has 0 spiro atoms. The summed E-state index contributed by atoms with van der Waals surface area (Å²) in [5.41, 5.74) is 9.24. The molecule has 0 aliphatic carbocycles. The Kier molecular flexibility index (Phi) is 5.15. The van der Waals surface area contributed by atoms with E-state index in [1.807, 2.05) is 12.3 Å². The lowest BCUT2D eigenvalue weighted by Crippen LogP contribution is -2.34. The van der Waals surface area contributed by atoms with Gasteiger partial charge in [-0.3, -0.25) is 20.5 Å². The Morgan fingerprint density at radius 1 is 1.29 bits per heavy atom. The highest BCUT2D eigenvalue weighted by molar-refractivity contribution is 6.00. The average Bonchev–Trinajstić information content (AvgIpc) is 3.34. The Labute approximate surface area is 163 Å². The molecule has 2 saturated heterocycles. The van der Waals surface area contributed by atoms with Gasteiger partial charge in [0, 0.05) is 43.5 Å². The van der Waals surface area contributed by atoms with Crippen LogP contribution in [0.15, 0.2) is 30.5 Å². The van der Waals surface area contributed by atoms with Gasteiger partial charge >= 0.3 is 0 Å². The average molecular weight is 385 g/mol. The summed E-state index contributed by atoms with van der Waals surface area (Å²) in [6.07, 6.45) is 2.53. The number of hydrogen-bond donors (Lipinski definition) is 3. The number of aryl methyl sites for hydroxylation is 1. The standard InChI is InChI=1S/C20H24FN5O2/c1-12-7-19(22-11-15(12)13-9-23-24-10-13)26-6-5-17(20(26)27)25-14-3-4-16(21)18(8-14)28-2/h3-4,7-8,11,13,17,23-25H,5-6,9-10H2,1-2H3. The molecule has 2 aliphatic rings. The number of hydrazine groups is 1. The van der Waals surface area contributed by atoms with E-state index in [0.29, 0.717) is 30.4 Å². The molecule has 4 rings (SSSR count). The molecule has 0 saturated carbocycles. The summed E-state index contributed by atoms with van der Waals surface area (Å²) in [7, 11) is 1.42. The Hall–Kier alpha value is -2.71. The van der Waals surface area contributed by atoms with Crippen LogP contribution < -0.4 is 25.8 Å². The second-order valence-electron chi connectivity index (χ2n) is 7.18. The van der Waals surface area contributed by atoms with Crippen molar-refractivity contribution in [3.8, 4) is 5.75 Å². The molecule has 1 aromatic heterocycles. The molecule has 0 bridgehead atoms. The summed E-state index contributed by atoms with van der Waals surface area (Å²) >= 11 is 0. The van der Waals surface area contributed by atoms with Gasteiger partial charge in [0.25, 0.3) is 5.91 Å². The minimum Gasteiger partial charge on any atom is -0.494 e. The van der Waals surface area contributed by atoms with Crippen LogP contribution in [0.4, 0.5) is 15.9 Å². The smallest absolute Gasteiger partial charge is 0.250 e. The van der Waals surface area contributed by atoms with E-state index in [1.54, 1.807) is 17.0 Å². The van der Waals surface area contributed by atoms with Crippen LogP contribution in [-0.4, -0.2) is 43.7 Å². The van der Waals surface area contributed by atoms with Crippen LogP contribution >= 0.6 is 0 Å². The Morgan fingerprint density at radius 3 is 2.79 bits per heavy atom. The van der Waals surface area contributed by atoms with Gasteiger partial charge in [-0.2, -0.15) is 0 Å². The second-order valence-corrected chi connectivity index (χ2v) is 7.18. The monoisotopic (exact) mass is 385 g/mol. The Bertz CT molecular complexity index is 885. The molecule has 7 nitrogen and oxygen atoms in total. The summed E-state index contributed by atoms with van der Waals surface area (Å²) in [6, 6.07) is 6.10. The molecule has 2 aromatic rings. The number of rotatable bonds is 5. The van der Waals surface area contributed by atoms with Gasteiger partial charge in [0.15, 0.2) is 11.6 Å². The fourth-order valence-electron chi connectivity index (χ4n) is 3.80. The SMILES string of the molecule is COc1cc(NC2CCN(c3cc(C)c(C4CNNC4)cn3)C2=O)ccc1F. The first kappa shape index (κ1) is 18.6. The van der Waals surface area contributed by atoms with Crippen molar-refractivity contribution in [3.05, 3.63) is 47.4 Å². The highest BCUT2D eigenvalue weighted by atomic mass is 19.1. The lowest BCUT2D eigenvalue weighted by molar-refractivity contribution is -0.117. The zero-order valence-electron chi connectivity index (χ0n) is 16.0. The van der Waals surface area contributed by atoms with Gasteiger partial charge in [0.1, 0.15) is 11.9 Å². The number of ether oxygens (including phenoxy) is 1. The summed E-state index contributed by atoms with van der Waals surface area (Å²) in [4.78, 5) is 19.1. The van der Waals surface area contributed by atoms with Crippen molar-refractivity contribution in [2.45, 2.75) is 25.3 Å². The largest absolute Gasteiger partial charge is 0.494 e. The van der Waals surface area contributed by atoms with Crippen LogP contribution in [0.3, 0.4) is 0 Å². The molecule has 3 heterocycles. The fourth-order valence-corrected chi connectivity index (χ4v) is 3.80. The summed E-state index contributed by atoms with van der Waals surface area (Å²) < 4.78 is 18.6. The number of methoxy groups -OCH3 is 1. The number of hydrogen-bond acceptors (Lipinski definition) is 6. The number of aromatic nitrogens is 1. The Morgan fingerprint density at radius 2 is 2.07 bits per heavy atom. The molecule has 8 heteroatoms. The number of nitrogens with one attached hydrogen (secondary N) is 3. The minimum absolute atomic E-state index is 0.0351. The van der Waals surface area contributed by atoms with E-state index in [0.717, 1.165) is 18.7 Å². The molecular weight excluding hydrogens is 361 g/mol. The van der Waals surface area contributed by atoms with E-state index >= 15 is 0 Å². The molecule has 148 valence electrons. The van der Waals surface area contributed by atoms with Gasteiger partial charge in [-0.15, -0.1) is 0 Å². The summed E-state index contributed by atoms with van der Waals surface area (Å²) in [5.74, 6) is 0.743. The number of pyridine rings is 1.